The van der Waals surface area contributed by atoms with Crippen molar-refractivity contribution in [1.29, 1.82) is 0 Å². The number of hydrogen-bond donors (Lipinski definition) is 2. The number of ether oxygens (including phenoxy) is 1. The summed E-state index contributed by atoms with van der Waals surface area (Å²) in [7, 11) is 0. The zero-order chi connectivity index (χ0) is 14.8. The molecule has 0 spiro atoms. The molecule has 1 aliphatic rings. The van der Waals surface area contributed by atoms with Gasteiger partial charge in [-0.05, 0) is 18.2 Å². The summed E-state index contributed by atoms with van der Waals surface area (Å²) in [6.07, 6.45) is -4.48. The number of amides is 2. The van der Waals surface area contributed by atoms with Crippen LogP contribution in [0.25, 0.3) is 0 Å². The fourth-order valence-electron chi connectivity index (χ4n) is 1.69. The van der Waals surface area contributed by atoms with E-state index >= 15 is 0 Å². The molecule has 2 N–H and O–H groups in total. The minimum Gasteiger partial charge on any atom is -0.369 e. The number of carbonyl (C=O) groups is 2. The molecule has 1 atom stereocenters. The topological polar surface area (TPSA) is 67.4 Å². The Balaban J connectivity index is 2.06. The summed E-state index contributed by atoms with van der Waals surface area (Å²) in [4.78, 5) is 22.8. The smallest absolute Gasteiger partial charge is 0.369 e. The highest BCUT2D eigenvalue weighted by atomic mass is 19.4. The number of alkyl halides is 3. The molecule has 1 saturated heterocycles. The van der Waals surface area contributed by atoms with Crippen LogP contribution >= 0.6 is 0 Å². The van der Waals surface area contributed by atoms with Gasteiger partial charge < -0.3 is 15.4 Å². The third-order valence-corrected chi connectivity index (χ3v) is 2.63. The van der Waals surface area contributed by atoms with E-state index in [0.29, 0.717) is 0 Å². The Labute approximate surface area is 112 Å². The van der Waals surface area contributed by atoms with Crippen molar-refractivity contribution in [3.8, 4) is 0 Å². The second kappa shape index (κ2) is 5.49. The Bertz CT molecular complexity index is 531. The SMILES string of the molecule is O=C1COCC(C(=O)Nc2cccc(C(F)(F)F)c2)N1. The molecule has 0 radical (unpaired) electrons. The van der Waals surface area contributed by atoms with Crippen LogP contribution in [0.1, 0.15) is 5.56 Å². The van der Waals surface area contributed by atoms with Crippen molar-refractivity contribution in [3.63, 3.8) is 0 Å². The van der Waals surface area contributed by atoms with E-state index in [0.717, 1.165) is 12.1 Å². The van der Waals surface area contributed by atoms with E-state index < -0.39 is 29.6 Å². The number of carbonyl (C=O) groups excluding carboxylic acids is 2. The zero-order valence-corrected chi connectivity index (χ0v) is 10.2. The maximum absolute atomic E-state index is 12.5. The van der Waals surface area contributed by atoms with Crippen LogP contribution in [0.3, 0.4) is 0 Å². The number of anilines is 1. The normalized spacial score (nSPS) is 19.4. The van der Waals surface area contributed by atoms with Gasteiger partial charge in [-0.25, -0.2) is 0 Å². The molecule has 5 nitrogen and oxygen atoms in total. The van der Waals surface area contributed by atoms with E-state index in [-0.39, 0.29) is 18.9 Å². The van der Waals surface area contributed by atoms with Gasteiger partial charge in [-0.1, -0.05) is 6.07 Å². The average molecular weight is 288 g/mol. The first-order chi connectivity index (χ1) is 9.36. The molecule has 0 aliphatic carbocycles. The van der Waals surface area contributed by atoms with Gasteiger partial charge in [0.1, 0.15) is 12.6 Å². The molecule has 108 valence electrons. The number of hydrogen-bond acceptors (Lipinski definition) is 3. The lowest BCUT2D eigenvalue weighted by Crippen LogP contribution is -2.51. The van der Waals surface area contributed by atoms with E-state index in [1.165, 1.54) is 12.1 Å². The lowest BCUT2D eigenvalue weighted by molar-refractivity contribution is -0.137. The van der Waals surface area contributed by atoms with Gasteiger partial charge in [0.15, 0.2) is 0 Å². The molecule has 1 aromatic rings. The van der Waals surface area contributed by atoms with Gasteiger partial charge in [0.2, 0.25) is 11.8 Å². The third kappa shape index (κ3) is 3.47. The molecule has 20 heavy (non-hydrogen) atoms. The van der Waals surface area contributed by atoms with Crippen molar-refractivity contribution in [3.05, 3.63) is 29.8 Å². The molecule has 2 amide bonds. The predicted octanol–water partition coefficient (Wildman–Crippen LogP) is 1.16. The fourth-order valence-corrected chi connectivity index (χ4v) is 1.69. The summed E-state index contributed by atoms with van der Waals surface area (Å²) in [6, 6.07) is 3.34. The van der Waals surface area contributed by atoms with E-state index in [9.17, 15) is 22.8 Å². The molecule has 1 heterocycles. The molecule has 0 saturated carbocycles. The Morgan fingerprint density at radius 3 is 2.80 bits per heavy atom. The van der Waals surface area contributed by atoms with Gasteiger partial charge >= 0.3 is 6.18 Å². The molecular formula is C12H11F3N2O3. The van der Waals surface area contributed by atoms with Crippen LogP contribution < -0.4 is 10.6 Å². The maximum atomic E-state index is 12.5. The molecule has 1 unspecified atom stereocenters. The van der Waals surface area contributed by atoms with Gasteiger partial charge in [0.25, 0.3) is 0 Å². The Kier molecular flexibility index (Phi) is 3.93. The zero-order valence-electron chi connectivity index (χ0n) is 10.2. The number of benzene rings is 1. The van der Waals surface area contributed by atoms with Crippen molar-refractivity contribution >= 4 is 17.5 Å². The van der Waals surface area contributed by atoms with Crippen LogP contribution in [-0.2, 0) is 20.5 Å². The van der Waals surface area contributed by atoms with E-state index in [4.69, 9.17) is 4.74 Å². The molecule has 0 bridgehead atoms. The largest absolute Gasteiger partial charge is 0.416 e. The maximum Gasteiger partial charge on any atom is 0.416 e. The summed E-state index contributed by atoms with van der Waals surface area (Å²) in [5, 5.41) is 4.69. The first-order valence-electron chi connectivity index (χ1n) is 5.71. The molecule has 0 aromatic heterocycles. The van der Waals surface area contributed by atoms with Crippen molar-refractivity contribution in [2.75, 3.05) is 18.5 Å². The summed E-state index contributed by atoms with van der Waals surface area (Å²) in [5.41, 5.74) is -0.858. The highest BCUT2D eigenvalue weighted by Gasteiger charge is 2.31. The van der Waals surface area contributed by atoms with E-state index in [2.05, 4.69) is 10.6 Å². The van der Waals surface area contributed by atoms with Gasteiger partial charge in [-0.3, -0.25) is 9.59 Å². The molecule has 2 rings (SSSR count). The summed E-state index contributed by atoms with van der Waals surface area (Å²) < 4.78 is 42.4. The summed E-state index contributed by atoms with van der Waals surface area (Å²) in [5.74, 6) is -1.07. The predicted molar refractivity (Wildman–Crippen MR) is 62.8 cm³/mol. The van der Waals surface area contributed by atoms with Crippen LogP contribution in [0.5, 0.6) is 0 Å². The van der Waals surface area contributed by atoms with Gasteiger partial charge in [0, 0.05) is 5.69 Å². The van der Waals surface area contributed by atoms with Gasteiger partial charge in [-0.15, -0.1) is 0 Å². The van der Waals surface area contributed by atoms with Crippen LogP contribution in [0.15, 0.2) is 24.3 Å². The lowest BCUT2D eigenvalue weighted by atomic mass is 10.2. The first-order valence-corrected chi connectivity index (χ1v) is 5.71. The number of rotatable bonds is 2. The fraction of sp³-hybridized carbons (Fsp3) is 0.333. The lowest BCUT2D eigenvalue weighted by Gasteiger charge is -2.22. The Morgan fingerprint density at radius 1 is 1.40 bits per heavy atom. The van der Waals surface area contributed by atoms with Crippen LogP contribution in [-0.4, -0.2) is 31.1 Å². The van der Waals surface area contributed by atoms with Gasteiger partial charge in [-0.2, -0.15) is 13.2 Å². The highest BCUT2D eigenvalue weighted by Crippen LogP contribution is 2.30. The van der Waals surface area contributed by atoms with E-state index in [1.54, 1.807) is 0 Å². The average Bonchev–Trinajstić information content (AvgIpc) is 2.38. The molecule has 1 aromatic carbocycles. The number of nitrogens with one attached hydrogen (secondary N) is 2. The van der Waals surface area contributed by atoms with Crippen molar-refractivity contribution in [2.24, 2.45) is 0 Å². The number of halogens is 3. The second-order valence-corrected chi connectivity index (χ2v) is 4.20. The molecular weight excluding hydrogens is 277 g/mol. The minimum absolute atomic E-state index is 0.00430. The van der Waals surface area contributed by atoms with Crippen molar-refractivity contribution in [1.82, 2.24) is 5.32 Å². The summed E-state index contributed by atoms with van der Waals surface area (Å²) in [6.45, 7) is -0.149. The quantitative estimate of drug-likeness (QED) is 0.858. The summed E-state index contributed by atoms with van der Waals surface area (Å²) >= 11 is 0. The van der Waals surface area contributed by atoms with Crippen LogP contribution in [0.4, 0.5) is 18.9 Å². The number of morpholine rings is 1. The van der Waals surface area contributed by atoms with Crippen LogP contribution in [0, 0.1) is 0 Å². The molecule has 1 aliphatic heterocycles. The molecule has 8 heteroatoms. The Morgan fingerprint density at radius 2 is 2.15 bits per heavy atom. The van der Waals surface area contributed by atoms with Gasteiger partial charge in [0.05, 0.1) is 12.2 Å². The van der Waals surface area contributed by atoms with Crippen molar-refractivity contribution in [2.45, 2.75) is 12.2 Å². The minimum atomic E-state index is -4.48. The monoisotopic (exact) mass is 288 g/mol. The standard InChI is InChI=1S/C12H11F3N2O3/c13-12(14,15)7-2-1-3-8(4-7)16-11(19)9-5-20-6-10(18)17-9/h1-4,9H,5-6H2,(H,16,19)(H,17,18). The Hall–Kier alpha value is -2.09. The van der Waals surface area contributed by atoms with Crippen LogP contribution in [0.2, 0.25) is 0 Å². The third-order valence-electron chi connectivity index (χ3n) is 2.63. The first kappa shape index (κ1) is 14.3. The molecule has 1 fully saturated rings. The van der Waals surface area contributed by atoms with Crippen molar-refractivity contribution < 1.29 is 27.5 Å². The highest BCUT2D eigenvalue weighted by molar-refractivity contribution is 5.97. The second-order valence-electron chi connectivity index (χ2n) is 4.20. The van der Waals surface area contributed by atoms with E-state index in [1.807, 2.05) is 0 Å².